The van der Waals surface area contributed by atoms with Crippen LogP contribution in [-0.2, 0) is 20.9 Å². The van der Waals surface area contributed by atoms with E-state index < -0.39 is 0 Å². The molecule has 0 bridgehead atoms. The molecule has 1 aliphatic heterocycles. The SMILES string of the molecule is COCC(=O)N1CCC(C(=O)NCc2ccccc2-c2ccccc2)CC1. The van der Waals surface area contributed by atoms with Gasteiger partial charge in [-0.25, -0.2) is 0 Å². The third-order valence-corrected chi connectivity index (χ3v) is 5.04. The lowest BCUT2D eigenvalue weighted by atomic mass is 9.95. The van der Waals surface area contributed by atoms with Crippen LogP contribution < -0.4 is 5.32 Å². The zero-order chi connectivity index (χ0) is 19.1. The predicted octanol–water partition coefficient (Wildman–Crippen LogP) is 2.85. The highest BCUT2D eigenvalue weighted by molar-refractivity contribution is 5.80. The predicted molar refractivity (Wildman–Crippen MR) is 105 cm³/mol. The van der Waals surface area contributed by atoms with Crippen molar-refractivity contribution in [2.45, 2.75) is 19.4 Å². The van der Waals surface area contributed by atoms with Gasteiger partial charge in [0.1, 0.15) is 6.61 Å². The number of methoxy groups -OCH3 is 1. The lowest BCUT2D eigenvalue weighted by molar-refractivity contribution is -0.138. The molecule has 142 valence electrons. The fraction of sp³-hybridized carbons (Fsp3) is 0.364. The Morgan fingerprint density at radius 3 is 2.41 bits per heavy atom. The molecule has 0 aromatic heterocycles. The van der Waals surface area contributed by atoms with E-state index >= 15 is 0 Å². The van der Waals surface area contributed by atoms with Crippen molar-refractivity contribution in [2.75, 3.05) is 26.8 Å². The molecule has 0 atom stereocenters. The first-order chi connectivity index (χ1) is 13.2. The Labute approximate surface area is 160 Å². The van der Waals surface area contributed by atoms with Crippen LogP contribution in [0.15, 0.2) is 54.6 Å². The molecule has 1 heterocycles. The molecule has 0 saturated carbocycles. The first kappa shape index (κ1) is 19.1. The van der Waals surface area contributed by atoms with Gasteiger partial charge in [0.15, 0.2) is 0 Å². The lowest BCUT2D eigenvalue weighted by Gasteiger charge is -2.31. The normalized spacial score (nSPS) is 14.8. The Kier molecular flexibility index (Phi) is 6.60. The van der Waals surface area contributed by atoms with E-state index in [9.17, 15) is 9.59 Å². The number of benzene rings is 2. The van der Waals surface area contributed by atoms with Gasteiger partial charge < -0.3 is 15.0 Å². The van der Waals surface area contributed by atoms with Crippen molar-refractivity contribution in [1.82, 2.24) is 10.2 Å². The van der Waals surface area contributed by atoms with Gasteiger partial charge in [0.25, 0.3) is 0 Å². The van der Waals surface area contributed by atoms with E-state index in [1.165, 1.54) is 7.11 Å². The van der Waals surface area contributed by atoms with Gasteiger partial charge in [-0.2, -0.15) is 0 Å². The molecule has 3 rings (SSSR count). The summed E-state index contributed by atoms with van der Waals surface area (Å²) in [5.41, 5.74) is 3.38. The second kappa shape index (κ2) is 9.33. The highest BCUT2D eigenvalue weighted by Crippen LogP contribution is 2.24. The summed E-state index contributed by atoms with van der Waals surface area (Å²) in [6.07, 6.45) is 1.39. The van der Waals surface area contributed by atoms with Crippen LogP contribution in [-0.4, -0.2) is 43.5 Å². The molecule has 1 fully saturated rings. The fourth-order valence-corrected chi connectivity index (χ4v) is 3.51. The fourth-order valence-electron chi connectivity index (χ4n) is 3.51. The number of nitrogens with one attached hydrogen (secondary N) is 1. The Hall–Kier alpha value is -2.66. The topological polar surface area (TPSA) is 58.6 Å². The first-order valence-corrected chi connectivity index (χ1v) is 9.37. The van der Waals surface area contributed by atoms with Crippen LogP contribution in [0.1, 0.15) is 18.4 Å². The molecule has 2 amide bonds. The van der Waals surface area contributed by atoms with E-state index in [-0.39, 0.29) is 24.3 Å². The number of hydrogen-bond donors (Lipinski definition) is 1. The van der Waals surface area contributed by atoms with Gasteiger partial charge in [-0.1, -0.05) is 54.6 Å². The average Bonchev–Trinajstić information content (AvgIpc) is 2.73. The summed E-state index contributed by atoms with van der Waals surface area (Å²) in [7, 11) is 1.52. The molecule has 0 radical (unpaired) electrons. The number of nitrogens with zero attached hydrogens (tertiary/aromatic N) is 1. The maximum atomic E-state index is 12.6. The summed E-state index contributed by atoms with van der Waals surface area (Å²) >= 11 is 0. The second-order valence-electron chi connectivity index (χ2n) is 6.83. The second-order valence-corrected chi connectivity index (χ2v) is 6.83. The van der Waals surface area contributed by atoms with Gasteiger partial charge in [0, 0.05) is 32.7 Å². The molecule has 1 N–H and O–H groups in total. The van der Waals surface area contributed by atoms with Crippen molar-refractivity contribution in [1.29, 1.82) is 0 Å². The van der Waals surface area contributed by atoms with Gasteiger partial charge in [0.05, 0.1) is 0 Å². The van der Waals surface area contributed by atoms with Gasteiger partial charge in [0.2, 0.25) is 11.8 Å². The number of likely N-dealkylation sites (tertiary alicyclic amines) is 1. The summed E-state index contributed by atoms with van der Waals surface area (Å²) in [6.45, 7) is 1.83. The highest BCUT2D eigenvalue weighted by Gasteiger charge is 2.27. The molecule has 1 saturated heterocycles. The van der Waals surface area contributed by atoms with Crippen molar-refractivity contribution in [2.24, 2.45) is 5.92 Å². The molecule has 0 spiro atoms. The molecule has 5 nitrogen and oxygen atoms in total. The van der Waals surface area contributed by atoms with E-state index in [1.54, 1.807) is 4.90 Å². The number of rotatable bonds is 6. The number of amides is 2. The van der Waals surface area contributed by atoms with Crippen molar-refractivity contribution in [3.63, 3.8) is 0 Å². The minimum absolute atomic E-state index is 0.00635. The zero-order valence-electron chi connectivity index (χ0n) is 15.7. The Morgan fingerprint density at radius 2 is 1.70 bits per heavy atom. The molecule has 0 unspecified atom stereocenters. The molecule has 2 aromatic carbocycles. The number of hydrogen-bond acceptors (Lipinski definition) is 3. The minimum Gasteiger partial charge on any atom is -0.375 e. The average molecular weight is 366 g/mol. The number of carbonyl (C=O) groups is 2. The highest BCUT2D eigenvalue weighted by atomic mass is 16.5. The standard InChI is InChI=1S/C22H26N2O3/c1-27-16-21(25)24-13-11-18(12-14-24)22(26)23-15-19-9-5-6-10-20(19)17-7-3-2-4-8-17/h2-10,18H,11-16H2,1H3,(H,23,26). The number of piperidine rings is 1. The van der Waals surface area contributed by atoms with E-state index in [4.69, 9.17) is 4.74 Å². The van der Waals surface area contributed by atoms with E-state index in [2.05, 4.69) is 29.6 Å². The Balaban J connectivity index is 1.56. The molecule has 5 heteroatoms. The maximum absolute atomic E-state index is 12.6. The van der Waals surface area contributed by atoms with E-state index in [1.807, 2.05) is 30.3 Å². The van der Waals surface area contributed by atoms with Crippen LogP contribution in [0.2, 0.25) is 0 Å². The van der Waals surface area contributed by atoms with Crippen LogP contribution in [0.5, 0.6) is 0 Å². The molecule has 0 aliphatic carbocycles. The maximum Gasteiger partial charge on any atom is 0.248 e. The van der Waals surface area contributed by atoms with Crippen molar-refractivity contribution in [3.05, 3.63) is 60.2 Å². The summed E-state index contributed by atoms with van der Waals surface area (Å²) in [6, 6.07) is 18.3. The lowest BCUT2D eigenvalue weighted by Crippen LogP contribution is -2.44. The van der Waals surface area contributed by atoms with E-state index in [0.717, 1.165) is 16.7 Å². The molecule has 1 aliphatic rings. The molecule has 2 aromatic rings. The summed E-state index contributed by atoms with van der Waals surface area (Å²) < 4.78 is 4.90. The third-order valence-electron chi connectivity index (χ3n) is 5.04. The number of ether oxygens (including phenoxy) is 1. The van der Waals surface area contributed by atoms with Crippen LogP contribution in [0, 0.1) is 5.92 Å². The molecule has 27 heavy (non-hydrogen) atoms. The monoisotopic (exact) mass is 366 g/mol. The Bertz CT molecular complexity index is 768. The summed E-state index contributed by atoms with van der Waals surface area (Å²) in [5.74, 6) is 0.0188. The third kappa shape index (κ3) is 4.95. The van der Waals surface area contributed by atoms with Crippen LogP contribution in [0.25, 0.3) is 11.1 Å². The van der Waals surface area contributed by atoms with Crippen LogP contribution in [0.3, 0.4) is 0 Å². The van der Waals surface area contributed by atoms with Gasteiger partial charge in [-0.3, -0.25) is 9.59 Å². The van der Waals surface area contributed by atoms with E-state index in [0.29, 0.717) is 32.5 Å². The smallest absolute Gasteiger partial charge is 0.248 e. The molecular formula is C22H26N2O3. The minimum atomic E-state index is -0.0412. The summed E-state index contributed by atoms with van der Waals surface area (Å²) in [5, 5.41) is 3.08. The zero-order valence-corrected chi connectivity index (χ0v) is 15.7. The van der Waals surface area contributed by atoms with Gasteiger partial charge in [-0.05, 0) is 29.5 Å². The number of carbonyl (C=O) groups excluding carboxylic acids is 2. The van der Waals surface area contributed by atoms with Crippen LogP contribution >= 0.6 is 0 Å². The largest absolute Gasteiger partial charge is 0.375 e. The van der Waals surface area contributed by atoms with Crippen molar-refractivity contribution < 1.29 is 14.3 Å². The molecular weight excluding hydrogens is 340 g/mol. The van der Waals surface area contributed by atoms with Crippen molar-refractivity contribution in [3.8, 4) is 11.1 Å². The van der Waals surface area contributed by atoms with Gasteiger partial charge >= 0.3 is 0 Å². The first-order valence-electron chi connectivity index (χ1n) is 9.37. The summed E-state index contributed by atoms with van der Waals surface area (Å²) in [4.78, 5) is 26.2. The van der Waals surface area contributed by atoms with Crippen LogP contribution in [0.4, 0.5) is 0 Å². The van der Waals surface area contributed by atoms with Gasteiger partial charge in [-0.15, -0.1) is 0 Å². The Morgan fingerprint density at radius 1 is 1.04 bits per heavy atom. The van der Waals surface area contributed by atoms with Crippen molar-refractivity contribution >= 4 is 11.8 Å². The quantitative estimate of drug-likeness (QED) is 0.855.